The summed E-state index contributed by atoms with van der Waals surface area (Å²) in [7, 11) is 1.67. The molecule has 0 fully saturated rings. The SMILES string of the molecule is COCCn1nc(C)c(CNC(=O)Cc2ccn(C(C)C)n2)c1C. The molecule has 0 spiro atoms. The number of nitrogens with zero attached hydrogens (tertiary/aromatic N) is 4. The molecule has 2 rings (SSSR count). The number of rotatable bonds is 8. The number of nitrogens with one attached hydrogen (secondary N) is 1. The molecule has 0 atom stereocenters. The van der Waals surface area contributed by atoms with E-state index in [0.717, 1.165) is 22.6 Å². The van der Waals surface area contributed by atoms with Gasteiger partial charge in [-0.25, -0.2) is 0 Å². The Hall–Kier alpha value is -2.15. The van der Waals surface area contributed by atoms with Crippen molar-refractivity contribution < 1.29 is 9.53 Å². The molecule has 2 heterocycles. The summed E-state index contributed by atoms with van der Waals surface area (Å²) in [5.74, 6) is -0.0348. The predicted molar refractivity (Wildman–Crippen MR) is 91.7 cm³/mol. The van der Waals surface area contributed by atoms with Crippen molar-refractivity contribution in [1.29, 1.82) is 0 Å². The fourth-order valence-corrected chi connectivity index (χ4v) is 2.56. The van der Waals surface area contributed by atoms with Crippen molar-refractivity contribution in [2.24, 2.45) is 0 Å². The van der Waals surface area contributed by atoms with Gasteiger partial charge in [-0.2, -0.15) is 10.2 Å². The summed E-state index contributed by atoms with van der Waals surface area (Å²) < 4.78 is 8.87. The lowest BCUT2D eigenvalue weighted by molar-refractivity contribution is -0.120. The van der Waals surface area contributed by atoms with Gasteiger partial charge in [0.15, 0.2) is 0 Å². The average Bonchev–Trinajstić information content (AvgIpc) is 3.09. The maximum absolute atomic E-state index is 12.2. The van der Waals surface area contributed by atoms with E-state index in [1.165, 1.54) is 0 Å². The lowest BCUT2D eigenvalue weighted by Gasteiger charge is -2.07. The van der Waals surface area contributed by atoms with E-state index in [9.17, 15) is 4.79 Å². The van der Waals surface area contributed by atoms with Gasteiger partial charge in [0, 0.05) is 37.2 Å². The van der Waals surface area contributed by atoms with Crippen LogP contribution in [0, 0.1) is 13.8 Å². The summed E-state index contributed by atoms with van der Waals surface area (Å²) >= 11 is 0. The molecule has 2 aromatic heterocycles. The first-order valence-electron chi connectivity index (χ1n) is 8.25. The van der Waals surface area contributed by atoms with Crippen molar-refractivity contribution in [3.05, 3.63) is 34.9 Å². The Balaban J connectivity index is 1.92. The first-order valence-corrected chi connectivity index (χ1v) is 8.25. The first kappa shape index (κ1) is 18.2. The van der Waals surface area contributed by atoms with Crippen LogP contribution in [0.4, 0.5) is 0 Å². The van der Waals surface area contributed by atoms with Crippen LogP contribution < -0.4 is 5.32 Å². The first-order chi connectivity index (χ1) is 11.4. The highest BCUT2D eigenvalue weighted by Gasteiger charge is 2.13. The van der Waals surface area contributed by atoms with Gasteiger partial charge in [0.2, 0.25) is 5.91 Å². The second-order valence-corrected chi connectivity index (χ2v) is 6.20. The van der Waals surface area contributed by atoms with Gasteiger partial charge in [-0.3, -0.25) is 14.2 Å². The van der Waals surface area contributed by atoms with Crippen molar-refractivity contribution >= 4 is 5.91 Å². The number of carbonyl (C=O) groups excluding carboxylic acids is 1. The summed E-state index contributed by atoms with van der Waals surface area (Å²) in [5.41, 5.74) is 3.85. The zero-order valence-corrected chi connectivity index (χ0v) is 15.2. The molecule has 0 aliphatic carbocycles. The van der Waals surface area contributed by atoms with Crippen LogP contribution in [0.15, 0.2) is 12.3 Å². The molecule has 1 N–H and O–H groups in total. The van der Waals surface area contributed by atoms with Crippen molar-refractivity contribution in [1.82, 2.24) is 24.9 Å². The number of ether oxygens (including phenoxy) is 1. The standard InChI is InChI=1S/C17H27N5O2/c1-12(2)21-7-6-15(20-21)10-17(23)18-11-16-13(3)19-22(14(16)4)8-9-24-5/h6-7,12H,8-11H2,1-5H3,(H,18,23). The third-order valence-corrected chi connectivity index (χ3v) is 4.04. The van der Waals surface area contributed by atoms with Gasteiger partial charge in [-0.1, -0.05) is 0 Å². The molecule has 0 aromatic carbocycles. The van der Waals surface area contributed by atoms with Crippen LogP contribution >= 0.6 is 0 Å². The maximum Gasteiger partial charge on any atom is 0.226 e. The fourth-order valence-electron chi connectivity index (χ4n) is 2.56. The number of methoxy groups -OCH3 is 1. The average molecular weight is 333 g/mol. The maximum atomic E-state index is 12.2. The Morgan fingerprint density at radius 1 is 1.33 bits per heavy atom. The van der Waals surface area contributed by atoms with Gasteiger partial charge in [-0.05, 0) is 33.8 Å². The van der Waals surface area contributed by atoms with E-state index < -0.39 is 0 Å². The highest BCUT2D eigenvalue weighted by Crippen LogP contribution is 2.13. The smallest absolute Gasteiger partial charge is 0.226 e. The Labute approximate surface area is 143 Å². The molecule has 0 aliphatic heterocycles. The van der Waals surface area contributed by atoms with Crippen molar-refractivity contribution in [2.45, 2.75) is 53.2 Å². The van der Waals surface area contributed by atoms with Crippen LogP contribution in [-0.2, 0) is 29.0 Å². The normalized spacial score (nSPS) is 11.2. The van der Waals surface area contributed by atoms with E-state index in [-0.39, 0.29) is 12.3 Å². The molecule has 132 valence electrons. The summed E-state index contributed by atoms with van der Waals surface area (Å²) in [5, 5.41) is 11.9. The molecular weight excluding hydrogens is 306 g/mol. The summed E-state index contributed by atoms with van der Waals surface area (Å²) in [6.07, 6.45) is 2.19. The predicted octanol–water partition coefficient (Wildman–Crippen LogP) is 1.78. The molecule has 0 aliphatic rings. The van der Waals surface area contributed by atoms with Gasteiger partial charge in [-0.15, -0.1) is 0 Å². The quantitative estimate of drug-likeness (QED) is 0.799. The minimum Gasteiger partial charge on any atom is -0.383 e. The molecule has 0 saturated carbocycles. The Morgan fingerprint density at radius 3 is 2.71 bits per heavy atom. The fraction of sp³-hybridized carbons (Fsp3) is 0.588. The van der Waals surface area contributed by atoms with Gasteiger partial charge in [0.1, 0.15) is 0 Å². The number of carbonyl (C=O) groups is 1. The Bertz CT molecular complexity index is 687. The number of aromatic nitrogens is 4. The number of hydrogen-bond acceptors (Lipinski definition) is 4. The summed E-state index contributed by atoms with van der Waals surface area (Å²) in [6, 6.07) is 2.18. The molecule has 0 bridgehead atoms. The van der Waals surface area contributed by atoms with Crippen LogP contribution in [0.2, 0.25) is 0 Å². The zero-order valence-electron chi connectivity index (χ0n) is 15.2. The van der Waals surface area contributed by atoms with E-state index in [1.807, 2.05) is 35.5 Å². The van der Waals surface area contributed by atoms with Crippen LogP contribution in [-0.4, -0.2) is 39.2 Å². The van der Waals surface area contributed by atoms with Gasteiger partial charge >= 0.3 is 0 Å². The lowest BCUT2D eigenvalue weighted by atomic mass is 10.2. The number of aryl methyl sites for hydroxylation is 1. The van der Waals surface area contributed by atoms with Crippen LogP contribution in [0.1, 0.15) is 42.5 Å². The van der Waals surface area contributed by atoms with E-state index in [4.69, 9.17) is 4.74 Å². The van der Waals surface area contributed by atoms with E-state index in [1.54, 1.807) is 7.11 Å². The van der Waals surface area contributed by atoms with E-state index >= 15 is 0 Å². The van der Waals surface area contributed by atoms with Gasteiger partial charge in [0.25, 0.3) is 0 Å². The highest BCUT2D eigenvalue weighted by atomic mass is 16.5. The minimum atomic E-state index is -0.0348. The van der Waals surface area contributed by atoms with E-state index in [0.29, 0.717) is 25.7 Å². The molecule has 0 radical (unpaired) electrons. The second-order valence-electron chi connectivity index (χ2n) is 6.20. The second kappa shape index (κ2) is 8.10. The molecule has 1 amide bonds. The van der Waals surface area contributed by atoms with Crippen molar-refractivity contribution in [3.63, 3.8) is 0 Å². The Kier molecular flexibility index (Phi) is 6.14. The topological polar surface area (TPSA) is 74.0 Å². The summed E-state index contributed by atoms with van der Waals surface area (Å²) in [4.78, 5) is 12.2. The van der Waals surface area contributed by atoms with Crippen LogP contribution in [0.25, 0.3) is 0 Å². The summed E-state index contributed by atoms with van der Waals surface area (Å²) in [6.45, 7) is 9.90. The molecule has 2 aromatic rings. The Morgan fingerprint density at radius 2 is 2.08 bits per heavy atom. The molecule has 0 saturated heterocycles. The monoisotopic (exact) mass is 333 g/mol. The number of hydrogen-bond donors (Lipinski definition) is 1. The van der Waals surface area contributed by atoms with Gasteiger partial charge in [0.05, 0.1) is 31.0 Å². The van der Waals surface area contributed by atoms with Crippen molar-refractivity contribution in [3.8, 4) is 0 Å². The minimum absolute atomic E-state index is 0.0348. The zero-order chi connectivity index (χ0) is 17.7. The number of amides is 1. The van der Waals surface area contributed by atoms with Crippen molar-refractivity contribution in [2.75, 3.05) is 13.7 Å². The van der Waals surface area contributed by atoms with Crippen LogP contribution in [0.3, 0.4) is 0 Å². The third kappa shape index (κ3) is 4.44. The largest absolute Gasteiger partial charge is 0.383 e. The van der Waals surface area contributed by atoms with Crippen LogP contribution in [0.5, 0.6) is 0 Å². The molecular formula is C17H27N5O2. The molecule has 0 unspecified atom stereocenters. The lowest BCUT2D eigenvalue weighted by Crippen LogP contribution is -2.25. The molecule has 7 heteroatoms. The highest BCUT2D eigenvalue weighted by molar-refractivity contribution is 5.78. The van der Waals surface area contributed by atoms with Gasteiger partial charge < -0.3 is 10.1 Å². The molecule has 7 nitrogen and oxygen atoms in total. The third-order valence-electron chi connectivity index (χ3n) is 4.04. The van der Waals surface area contributed by atoms with E-state index in [2.05, 4.69) is 29.4 Å². The molecule has 24 heavy (non-hydrogen) atoms.